The van der Waals surface area contributed by atoms with Gasteiger partial charge in [-0.1, -0.05) is 6.92 Å². The van der Waals surface area contributed by atoms with Gasteiger partial charge < -0.3 is 10.6 Å². The SMILES string of the molecule is CCC(C)(C(N)c1cnccn1)N(C)C. The number of aromatic nitrogens is 2. The molecule has 0 radical (unpaired) electrons. The van der Waals surface area contributed by atoms with Crippen LogP contribution in [0.4, 0.5) is 0 Å². The number of nitrogens with zero attached hydrogens (tertiary/aromatic N) is 3. The molecular weight excluding hydrogens is 188 g/mol. The van der Waals surface area contributed by atoms with Crippen LogP contribution in [0.3, 0.4) is 0 Å². The van der Waals surface area contributed by atoms with E-state index in [1.165, 1.54) is 0 Å². The Bertz CT molecular complexity index is 299. The maximum atomic E-state index is 6.24. The van der Waals surface area contributed by atoms with E-state index in [-0.39, 0.29) is 11.6 Å². The Morgan fingerprint density at radius 2 is 2.13 bits per heavy atom. The summed E-state index contributed by atoms with van der Waals surface area (Å²) in [7, 11) is 4.08. The van der Waals surface area contributed by atoms with Gasteiger partial charge in [0.25, 0.3) is 0 Å². The zero-order valence-corrected chi connectivity index (χ0v) is 9.94. The summed E-state index contributed by atoms with van der Waals surface area (Å²) >= 11 is 0. The average molecular weight is 208 g/mol. The van der Waals surface area contributed by atoms with Crippen LogP contribution in [-0.2, 0) is 0 Å². The van der Waals surface area contributed by atoms with Crippen LogP contribution in [0.1, 0.15) is 32.0 Å². The average Bonchev–Trinajstić information content (AvgIpc) is 2.28. The molecule has 0 saturated heterocycles. The van der Waals surface area contributed by atoms with Gasteiger partial charge in [-0.25, -0.2) is 0 Å². The molecule has 0 saturated carbocycles. The lowest BCUT2D eigenvalue weighted by Gasteiger charge is -2.40. The molecule has 0 aliphatic rings. The number of nitrogens with two attached hydrogens (primary N) is 1. The fourth-order valence-electron chi connectivity index (χ4n) is 1.60. The number of rotatable bonds is 4. The molecule has 1 heterocycles. The highest BCUT2D eigenvalue weighted by atomic mass is 15.2. The second-order valence-electron chi connectivity index (χ2n) is 4.21. The third-order valence-corrected chi connectivity index (χ3v) is 3.31. The molecule has 4 nitrogen and oxygen atoms in total. The van der Waals surface area contributed by atoms with E-state index in [2.05, 4.69) is 28.7 Å². The molecule has 2 atom stereocenters. The molecule has 0 bridgehead atoms. The van der Waals surface area contributed by atoms with Crippen molar-refractivity contribution in [2.45, 2.75) is 31.8 Å². The molecule has 1 aromatic rings. The Morgan fingerprint density at radius 3 is 2.53 bits per heavy atom. The number of likely N-dealkylation sites (N-methyl/N-ethyl adjacent to an activating group) is 1. The van der Waals surface area contributed by atoms with E-state index < -0.39 is 0 Å². The smallest absolute Gasteiger partial charge is 0.0772 e. The Balaban J connectivity index is 2.97. The van der Waals surface area contributed by atoms with Crippen LogP contribution in [0, 0.1) is 0 Å². The van der Waals surface area contributed by atoms with Gasteiger partial charge >= 0.3 is 0 Å². The second-order valence-corrected chi connectivity index (χ2v) is 4.21. The quantitative estimate of drug-likeness (QED) is 0.808. The van der Waals surface area contributed by atoms with Crippen molar-refractivity contribution in [3.8, 4) is 0 Å². The molecule has 0 aliphatic heterocycles. The van der Waals surface area contributed by atoms with Gasteiger partial charge in [0.05, 0.1) is 17.9 Å². The van der Waals surface area contributed by atoms with Crippen LogP contribution in [0.5, 0.6) is 0 Å². The first kappa shape index (κ1) is 12.1. The van der Waals surface area contributed by atoms with Crippen LogP contribution >= 0.6 is 0 Å². The maximum absolute atomic E-state index is 6.24. The van der Waals surface area contributed by atoms with E-state index in [0.29, 0.717) is 0 Å². The summed E-state index contributed by atoms with van der Waals surface area (Å²) in [4.78, 5) is 10.5. The molecular formula is C11H20N4. The van der Waals surface area contributed by atoms with E-state index in [4.69, 9.17) is 5.73 Å². The summed E-state index contributed by atoms with van der Waals surface area (Å²) in [6, 6.07) is -0.119. The molecule has 15 heavy (non-hydrogen) atoms. The third-order valence-electron chi connectivity index (χ3n) is 3.31. The second kappa shape index (κ2) is 4.68. The standard InChI is InChI=1S/C11H20N4/c1-5-11(2,15(3)4)10(12)9-8-13-6-7-14-9/h6-8,10H,5,12H2,1-4H3. The van der Waals surface area contributed by atoms with E-state index >= 15 is 0 Å². The highest BCUT2D eigenvalue weighted by Gasteiger charge is 2.34. The predicted molar refractivity (Wildman–Crippen MR) is 61.3 cm³/mol. The third kappa shape index (κ3) is 2.33. The van der Waals surface area contributed by atoms with Crippen molar-refractivity contribution in [2.75, 3.05) is 14.1 Å². The first-order chi connectivity index (χ1) is 7.02. The van der Waals surface area contributed by atoms with Crippen LogP contribution in [0.15, 0.2) is 18.6 Å². The summed E-state index contributed by atoms with van der Waals surface area (Å²) in [5, 5.41) is 0. The molecule has 0 spiro atoms. The van der Waals surface area contributed by atoms with Crippen molar-refractivity contribution in [3.63, 3.8) is 0 Å². The number of hydrogen-bond acceptors (Lipinski definition) is 4. The first-order valence-corrected chi connectivity index (χ1v) is 5.21. The van der Waals surface area contributed by atoms with Gasteiger partial charge in [-0.05, 0) is 27.4 Å². The lowest BCUT2D eigenvalue weighted by molar-refractivity contribution is 0.130. The highest BCUT2D eigenvalue weighted by molar-refractivity contribution is 5.09. The van der Waals surface area contributed by atoms with Gasteiger partial charge in [-0.2, -0.15) is 0 Å². The van der Waals surface area contributed by atoms with E-state index in [0.717, 1.165) is 12.1 Å². The first-order valence-electron chi connectivity index (χ1n) is 5.21. The fraction of sp³-hybridized carbons (Fsp3) is 0.636. The summed E-state index contributed by atoms with van der Waals surface area (Å²) in [6.07, 6.45) is 6.05. The van der Waals surface area contributed by atoms with Gasteiger partial charge in [-0.3, -0.25) is 9.97 Å². The van der Waals surface area contributed by atoms with Gasteiger partial charge in [0, 0.05) is 17.9 Å². The largest absolute Gasteiger partial charge is 0.321 e. The Labute approximate surface area is 91.5 Å². The zero-order valence-electron chi connectivity index (χ0n) is 9.94. The Kier molecular flexibility index (Phi) is 3.77. The molecule has 2 N–H and O–H groups in total. The lowest BCUT2D eigenvalue weighted by atomic mass is 9.87. The normalized spacial score (nSPS) is 17.5. The molecule has 4 heteroatoms. The van der Waals surface area contributed by atoms with Crippen LogP contribution < -0.4 is 5.73 Å². The lowest BCUT2D eigenvalue weighted by Crippen LogP contribution is -2.49. The summed E-state index contributed by atoms with van der Waals surface area (Å²) in [5.74, 6) is 0. The minimum atomic E-state index is -0.119. The van der Waals surface area contributed by atoms with Crippen molar-refractivity contribution in [1.29, 1.82) is 0 Å². The van der Waals surface area contributed by atoms with Gasteiger partial charge in [-0.15, -0.1) is 0 Å². The highest BCUT2D eigenvalue weighted by Crippen LogP contribution is 2.28. The number of hydrogen-bond donors (Lipinski definition) is 1. The van der Waals surface area contributed by atoms with Crippen molar-refractivity contribution in [2.24, 2.45) is 5.73 Å². The predicted octanol–water partition coefficient (Wildman–Crippen LogP) is 1.21. The summed E-state index contributed by atoms with van der Waals surface area (Å²) in [6.45, 7) is 4.28. The van der Waals surface area contributed by atoms with Crippen molar-refractivity contribution >= 4 is 0 Å². The monoisotopic (exact) mass is 208 g/mol. The minimum Gasteiger partial charge on any atom is -0.321 e. The topological polar surface area (TPSA) is 55.0 Å². The van der Waals surface area contributed by atoms with E-state index in [1.807, 2.05) is 14.1 Å². The van der Waals surface area contributed by atoms with Crippen molar-refractivity contribution < 1.29 is 0 Å². The Hall–Kier alpha value is -1.00. The van der Waals surface area contributed by atoms with Gasteiger partial charge in [0.1, 0.15) is 0 Å². The molecule has 0 amide bonds. The van der Waals surface area contributed by atoms with Crippen LogP contribution in [0.25, 0.3) is 0 Å². The van der Waals surface area contributed by atoms with Crippen LogP contribution in [-0.4, -0.2) is 34.5 Å². The van der Waals surface area contributed by atoms with Crippen molar-refractivity contribution in [3.05, 3.63) is 24.3 Å². The minimum absolute atomic E-state index is 0.0873. The molecule has 1 rings (SSSR count). The molecule has 1 aromatic heterocycles. The van der Waals surface area contributed by atoms with E-state index in [1.54, 1.807) is 18.6 Å². The van der Waals surface area contributed by atoms with E-state index in [9.17, 15) is 0 Å². The molecule has 0 aliphatic carbocycles. The summed E-state index contributed by atoms with van der Waals surface area (Å²) < 4.78 is 0. The maximum Gasteiger partial charge on any atom is 0.0772 e. The zero-order chi connectivity index (χ0) is 11.5. The van der Waals surface area contributed by atoms with Gasteiger partial charge in [0.15, 0.2) is 0 Å². The molecule has 84 valence electrons. The van der Waals surface area contributed by atoms with Gasteiger partial charge in [0.2, 0.25) is 0 Å². The van der Waals surface area contributed by atoms with Crippen molar-refractivity contribution in [1.82, 2.24) is 14.9 Å². The Morgan fingerprint density at radius 1 is 1.47 bits per heavy atom. The summed E-state index contributed by atoms with van der Waals surface area (Å²) in [5.41, 5.74) is 7.00. The molecule has 0 fully saturated rings. The van der Waals surface area contributed by atoms with Crippen LogP contribution in [0.2, 0.25) is 0 Å². The molecule has 2 unspecified atom stereocenters. The molecule has 0 aromatic carbocycles. The fourth-order valence-corrected chi connectivity index (χ4v) is 1.60.